The lowest BCUT2D eigenvalue weighted by atomic mass is 9.57. The number of fused-ring (bicyclic) bond motifs is 1. The number of rotatable bonds is 2. The van der Waals surface area contributed by atoms with E-state index in [1.807, 2.05) is 6.92 Å². The average Bonchev–Trinajstić information content (AvgIpc) is 2.29. The molecule has 2 aliphatic rings. The SMILES string of the molecule is CC(N)C1(O)CCC(C(=O)O)[C@@H]2CCCC[C@H]21. The molecule has 0 aliphatic heterocycles. The molecule has 4 nitrogen and oxygen atoms in total. The van der Waals surface area contributed by atoms with Crippen molar-refractivity contribution in [3.63, 3.8) is 0 Å². The Balaban J connectivity index is 2.25. The zero-order chi connectivity index (χ0) is 12.6. The topological polar surface area (TPSA) is 83.5 Å². The first-order chi connectivity index (χ1) is 7.97. The normalized spacial score (nSPS) is 43.8. The van der Waals surface area contributed by atoms with Gasteiger partial charge in [0.15, 0.2) is 0 Å². The van der Waals surface area contributed by atoms with E-state index in [0.29, 0.717) is 12.8 Å². The predicted molar refractivity (Wildman–Crippen MR) is 64.4 cm³/mol. The number of carboxylic acid groups (broad SMARTS) is 1. The predicted octanol–water partition coefficient (Wildman–Crippen LogP) is 1.37. The number of carbonyl (C=O) groups is 1. The maximum Gasteiger partial charge on any atom is 0.306 e. The zero-order valence-corrected chi connectivity index (χ0v) is 10.4. The molecule has 0 bridgehead atoms. The molecule has 2 fully saturated rings. The van der Waals surface area contributed by atoms with Crippen LogP contribution in [0.3, 0.4) is 0 Å². The van der Waals surface area contributed by atoms with Gasteiger partial charge in [-0.2, -0.15) is 0 Å². The molecule has 0 heterocycles. The highest BCUT2D eigenvalue weighted by Gasteiger charge is 2.52. The molecule has 0 radical (unpaired) electrons. The summed E-state index contributed by atoms with van der Waals surface area (Å²) >= 11 is 0. The molecule has 2 aliphatic carbocycles. The number of aliphatic hydroxyl groups is 1. The van der Waals surface area contributed by atoms with Crippen LogP contribution in [0.2, 0.25) is 0 Å². The fraction of sp³-hybridized carbons (Fsp3) is 0.923. The molecule has 4 heteroatoms. The first-order valence-corrected chi connectivity index (χ1v) is 6.67. The van der Waals surface area contributed by atoms with E-state index in [1.54, 1.807) is 0 Å². The molecule has 0 aromatic heterocycles. The lowest BCUT2D eigenvalue weighted by Crippen LogP contribution is -2.59. The van der Waals surface area contributed by atoms with Crippen molar-refractivity contribution >= 4 is 5.97 Å². The van der Waals surface area contributed by atoms with Gasteiger partial charge in [0.05, 0.1) is 11.5 Å². The molecular formula is C13H23NO3. The van der Waals surface area contributed by atoms with Crippen LogP contribution in [0.25, 0.3) is 0 Å². The van der Waals surface area contributed by atoms with Gasteiger partial charge in [0.25, 0.3) is 0 Å². The second-order valence-electron chi connectivity index (χ2n) is 5.82. The van der Waals surface area contributed by atoms with Crippen LogP contribution in [0.15, 0.2) is 0 Å². The van der Waals surface area contributed by atoms with Gasteiger partial charge in [-0.05, 0) is 44.4 Å². The molecule has 0 amide bonds. The van der Waals surface area contributed by atoms with E-state index in [4.69, 9.17) is 5.73 Å². The first-order valence-electron chi connectivity index (χ1n) is 6.67. The second-order valence-corrected chi connectivity index (χ2v) is 5.82. The summed E-state index contributed by atoms with van der Waals surface area (Å²) in [4.78, 5) is 11.3. The summed E-state index contributed by atoms with van der Waals surface area (Å²) in [6.07, 6.45) is 5.11. The van der Waals surface area contributed by atoms with Crippen molar-refractivity contribution in [1.29, 1.82) is 0 Å². The molecule has 3 unspecified atom stereocenters. The summed E-state index contributed by atoms with van der Waals surface area (Å²) in [5.74, 6) is -0.787. The Morgan fingerprint density at radius 3 is 2.59 bits per heavy atom. The third-order valence-electron chi connectivity index (χ3n) is 4.94. The number of nitrogens with two attached hydrogens (primary N) is 1. The van der Waals surface area contributed by atoms with Gasteiger partial charge in [-0.3, -0.25) is 4.79 Å². The Morgan fingerprint density at radius 1 is 1.35 bits per heavy atom. The Hall–Kier alpha value is -0.610. The smallest absolute Gasteiger partial charge is 0.306 e. The highest BCUT2D eigenvalue weighted by Crippen LogP contribution is 2.49. The Morgan fingerprint density at radius 2 is 2.00 bits per heavy atom. The molecule has 98 valence electrons. The first kappa shape index (κ1) is 12.8. The van der Waals surface area contributed by atoms with Crippen molar-refractivity contribution in [1.82, 2.24) is 0 Å². The van der Waals surface area contributed by atoms with E-state index >= 15 is 0 Å². The lowest BCUT2D eigenvalue weighted by Gasteiger charge is -2.51. The van der Waals surface area contributed by atoms with Gasteiger partial charge in [0, 0.05) is 6.04 Å². The van der Waals surface area contributed by atoms with Crippen LogP contribution in [0, 0.1) is 17.8 Å². The highest BCUT2D eigenvalue weighted by molar-refractivity contribution is 5.70. The summed E-state index contributed by atoms with van der Waals surface area (Å²) in [7, 11) is 0. The van der Waals surface area contributed by atoms with Gasteiger partial charge in [0.2, 0.25) is 0 Å². The van der Waals surface area contributed by atoms with E-state index in [2.05, 4.69) is 0 Å². The van der Waals surface area contributed by atoms with Gasteiger partial charge in [0.1, 0.15) is 0 Å². The number of aliphatic carboxylic acids is 1. The molecule has 5 atom stereocenters. The van der Waals surface area contributed by atoms with Crippen molar-refractivity contribution < 1.29 is 15.0 Å². The van der Waals surface area contributed by atoms with Crippen LogP contribution in [-0.2, 0) is 4.79 Å². The second kappa shape index (κ2) is 4.58. The lowest BCUT2D eigenvalue weighted by molar-refractivity contribution is -0.160. The van der Waals surface area contributed by atoms with E-state index in [9.17, 15) is 15.0 Å². The Kier molecular flexibility index (Phi) is 3.46. The van der Waals surface area contributed by atoms with Gasteiger partial charge >= 0.3 is 5.97 Å². The third kappa shape index (κ3) is 2.08. The minimum absolute atomic E-state index is 0.0751. The van der Waals surface area contributed by atoms with Gasteiger partial charge in [-0.15, -0.1) is 0 Å². The highest BCUT2D eigenvalue weighted by atomic mass is 16.4. The molecule has 2 rings (SSSR count). The average molecular weight is 241 g/mol. The fourth-order valence-corrected chi connectivity index (χ4v) is 3.92. The Bertz CT molecular complexity index is 305. The maximum atomic E-state index is 11.3. The van der Waals surface area contributed by atoms with Gasteiger partial charge in [-0.25, -0.2) is 0 Å². The molecule has 0 spiro atoms. The molecule has 2 saturated carbocycles. The molecule has 17 heavy (non-hydrogen) atoms. The van der Waals surface area contributed by atoms with Crippen LogP contribution in [0.5, 0.6) is 0 Å². The van der Waals surface area contributed by atoms with Crippen molar-refractivity contribution in [3.05, 3.63) is 0 Å². The summed E-state index contributed by atoms with van der Waals surface area (Å²) in [5, 5.41) is 20.0. The molecule has 0 aromatic carbocycles. The zero-order valence-electron chi connectivity index (χ0n) is 10.4. The fourth-order valence-electron chi connectivity index (χ4n) is 3.92. The summed E-state index contributed by atoms with van der Waals surface area (Å²) < 4.78 is 0. The summed E-state index contributed by atoms with van der Waals surface area (Å²) in [6.45, 7) is 1.84. The van der Waals surface area contributed by atoms with Crippen LogP contribution in [0.1, 0.15) is 45.4 Å². The van der Waals surface area contributed by atoms with Gasteiger partial charge < -0.3 is 15.9 Å². The van der Waals surface area contributed by atoms with Crippen molar-refractivity contribution in [3.8, 4) is 0 Å². The van der Waals surface area contributed by atoms with E-state index in [-0.39, 0.29) is 23.8 Å². The van der Waals surface area contributed by atoms with E-state index < -0.39 is 11.6 Å². The van der Waals surface area contributed by atoms with Crippen LogP contribution in [0.4, 0.5) is 0 Å². The van der Waals surface area contributed by atoms with E-state index in [0.717, 1.165) is 25.7 Å². The summed E-state index contributed by atoms with van der Waals surface area (Å²) in [6, 6.07) is -0.275. The van der Waals surface area contributed by atoms with E-state index in [1.165, 1.54) is 0 Å². The third-order valence-corrected chi connectivity index (χ3v) is 4.94. The molecular weight excluding hydrogens is 218 g/mol. The quantitative estimate of drug-likeness (QED) is 0.681. The molecule has 4 N–H and O–H groups in total. The Labute approximate surface area is 102 Å². The standard InChI is InChI=1S/C13H23NO3/c1-8(14)13(17)7-6-10(12(15)16)9-4-2-3-5-11(9)13/h8-11,17H,2-7,14H2,1H3,(H,15,16)/t8?,9-,10?,11+,13?/m0/s1. The minimum atomic E-state index is -0.850. The van der Waals surface area contributed by atoms with Crippen LogP contribution in [-0.4, -0.2) is 27.8 Å². The molecule has 0 aromatic rings. The van der Waals surface area contributed by atoms with Crippen LogP contribution >= 0.6 is 0 Å². The van der Waals surface area contributed by atoms with Crippen molar-refractivity contribution in [2.45, 2.75) is 57.1 Å². The monoisotopic (exact) mass is 241 g/mol. The number of hydrogen-bond donors (Lipinski definition) is 3. The number of hydrogen-bond acceptors (Lipinski definition) is 3. The minimum Gasteiger partial charge on any atom is -0.481 e. The van der Waals surface area contributed by atoms with Gasteiger partial charge in [-0.1, -0.05) is 12.8 Å². The van der Waals surface area contributed by atoms with Crippen molar-refractivity contribution in [2.75, 3.05) is 0 Å². The largest absolute Gasteiger partial charge is 0.481 e. The number of carboxylic acids is 1. The molecule has 0 saturated heterocycles. The van der Waals surface area contributed by atoms with Crippen LogP contribution < -0.4 is 5.73 Å². The maximum absolute atomic E-state index is 11.3. The summed E-state index contributed by atoms with van der Waals surface area (Å²) in [5.41, 5.74) is 5.08. The van der Waals surface area contributed by atoms with Crippen molar-refractivity contribution in [2.24, 2.45) is 23.5 Å².